The van der Waals surface area contributed by atoms with Gasteiger partial charge in [-0.25, -0.2) is 4.39 Å². The van der Waals surface area contributed by atoms with E-state index in [0.717, 1.165) is 0 Å². The predicted molar refractivity (Wildman–Crippen MR) is 25.9 cm³/mol. The van der Waals surface area contributed by atoms with E-state index in [-0.39, 0.29) is 5.11 Å². The molecule has 6 heavy (non-hydrogen) atoms. The summed E-state index contributed by atoms with van der Waals surface area (Å²) in [5, 5.41) is 2.05. The quantitative estimate of drug-likeness (QED) is 0.359. The van der Waals surface area contributed by atoms with Gasteiger partial charge in [0.1, 0.15) is 0 Å². The first-order chi connectivity index (χ1) is 2.77. The Kier molecular flexibility index (Phi) is 2.66. The molecule has 0 fully saturated rings. The van der Waals surface area contributed by atoms with Crippen molar-refractivity contribution in [2.24, 2.45) is 5.73 Å². The summed E-state index contributed by atoms with van der Waals surface area (Å²) in [6.45, 7) is -0.685. The number of hydrogen-bond acceptors (Lipinski definition) is 1. The Balaban J connectivity index is 2.83. The first-order valence-electron chi connectivity index (χ1n) is 1.36. The molecule has 0 heterocycles. The summed E-state index contributed by atoms with van der Waals surface area (Å²) in [5.41, 5.74) is 4.78. The van der Waals surface area contributed by atoms with Gasteiger partial charge in [-0.15, -0.1) is 0 Å². The second kappa shape index (κ2) is 2.84. The van der Waals surface area contributed by atoms with Gasteiger partial charge in [-0.3, -0.25) is 0 Å². The van der Waals surface area contributed by atoms with Crippen LogP contribution in [0.3, 0.4) is 0 Å². The van der Waals surface area contributed by atoms with Gasteiger partial charge < -0.3 is 11.1 Å². The highest BCUT2D eigenvalue weighted by atomic mass is 32.1. The van der Waals surface area contributed by atoms with Gasteiger partial charge in [0.2, 0.25) is 0 Å². The maximum Gasteiger partial charge on any atom is 0.165 e. The maximum absolute atomic E-state index is 11.0. The third-order valence-corrected chi connectivity index (χ3v) is 0.385. The minimum Gasteiger partial charge on any atom is -0.376 e. The molecule has 0 aromatic rings. The average Bonchev–Trinajstić information content (AvgIpc) is 1.35. The summed E-state index contributed by atoms with van der Waals surface area (Å²) in [6.07, 6.45) is 0. The van der Waals surface area contributed by atoms with Crippen molar-refractivity contribution in [3.05, 3.63) is 0 Å². The molecule has 0 aromatic carbocycles. The van der Waals surface area contributed by atoms with Crippen LogP contribution < -0.4 is 11.1 Å². The SMILES string of the molecule is NC(=S)NCF. The molecule has 0 saturated carbocycles. The van der Waals surface area contributed by atoms with Gasteiger partial charge >= 0.3 is 0 Å². The van der Waals surface area contributed by atoms with E-state index in [1.165, 1.54) is 0 Å². The third kappa shape index (κ3) is 3.62. The largest absolute Gasteiger partial charge is 0.376 e. The van der Waals surface area contributed by atoms with Gasteiger partial charge in [-0.05, 0) is 12.2 Å². The number of halogens is 1. The van der Waals surface area contributed by atoms with Crippen molar-refractivity contribution in [2.75, 3.05) is 6.80 Å². The van der Waals surface area contributed by atoms with Crippen molar-refractivity contribution in [1.82, 2.24) is 5.32 Å². The minimum atomic E-state index is -0.685. The zero-order chi connectivity index (χ0) is 4.99. The Labute approximate surface area is 40.5 Å². The molecule has 0 unspecified atom stereocenters. The van der Waals surface area contributed by atoms with Crippen LogP contribution in [0.15, 0.2) is 0 Å². The Hall–Kier alpha value is -0.380. The average molecular weight is 108 g/mol. The van der Waals surface area contributed by atoms with E-state index in [4.69, 9.17) is 5.73 Å². The van der Waals surface area contributed by atoms with Crippen LogP contribution in [-0.2, 0) is 0 Å². The van der Waals surface area contributed by atoms with Gasteiger partial charge in [0.15, 0.2) is 11.9 Å². The molecule has 36 valence electrons. The van der Waals surface area contributed by atoms with Crippen LogP contribution in [0.1, 0.15) is 0 Å². The van der Waals surface area contributed by atoms with Crippen molar-refractivity contribution in [3.8, 4) is 0 Å². The van der Waals surface area contributed by atoms with Crippen molar-refractivity contribution in [1.29, 1.82) is 0 Å². The third-order valence-electron chi connectivity index (χ3n) is 0.241. The normalized spacial score (nSPS) is 7.50. The maximum atomic E-state index is 11.0. The van der Waals surface area contributed by atoms with E-state index in [9.17, 15) is 4.39 Å². The number of alkyl halides is 1. The van der Waals surface area contributed by atoms with Crippen LogP contribution in [0.4, 0.5) is 4.39 Å². The van der Waals surface area contributed by atoms with Gasteiger partial charge in [0, 0.05) is 0 Å². The van der Waals surface area contributed by atoms with Crippen molar-refractivity contribution < 1.29 is 4.39 Å². The van der Waals surface area contributed by atoms with E-state index in [1.54, 1.807) is 0 Å². The van der Waals surface area contributed by atoms with Crippen LogP contribution in [-0.4, -0.2) is 11.9 Å². The van der Waals surface area contributed by atoms with Crippen LogP contribution in [0.2, 0.25) is 0 Å². The molecule has 0 amide bonds. The fourth-order valence-electron chi connectivity index (χ4n) is 0.0659. The Bertz CT molecular complexity index is 55.5. The zero-order valence-corrected chi connectivity index (χ0v) is 3.89. The zero-order valence-electron chi connectivity index (χ0n) is 3.07. The van der Waals surface area contributed by atoms with E-state index >= 15 is 0 Å². The lowest BCUT2D eigenvalue weighted by molar-refractivity contribution is 0.477. The Morgan fingerprint density at radius 2 is 2.50 bits per heavy atom. The molecule has 0 bridgehead atoms. The molecule has 0 aliphatic rings. The van der Waals surface area contributed by atoms with Gasteiger partial charge in [-0.1, -0.05) is 0 Å². The molecule has 4 heteroatoms. The highest BCUT2D eigenvalue weighted by molar-refractivity contribution is 7.80. The molecule has 0 radical (unpaired) electrons. The summed E-state index contributed by atoms with van der Waals surface area (Å²) < 4.78 is 11.0. The van der Waals surface area contributed by atoms with E-state index in [1.807, 2.05) is 0 Å². The summed E-state index contributed by atoms with van der Waals surface area (Å²) in [5.74, 6) is 0. The summed E-state index contributed by atoms with van der Waals surface area (Å²) >= 11 is 4.22. The first kappa shape index (κ1) is 5.62. The smallest absolute Gasteiger partial charge is 0.165 e. The van der Waals surface area contributed by atoms with E-state index in [0.29, 0.717) is 0 Å². The van der Waals surface area contributed by atoms with Crippen molar-refractivity contribution in [2.45, 2.75) is 0 Å². The molecular weight excluding hydrogens is 103 g/mol. The topological polar surface area (TPSA) is 38.0 Å². The molecule has 0 atom stereocenters. The van der Waals surface area contributed by atoms with Crippen LogP contribution >= 0.6 is 12.2 Å². The monoisotopic (exact) mass is 108 g/mol. The predicted octanol–water partition coefficient (Wildman–Crippen LogP) is -0.253. The Morgan fingerprint density at radius 1 is 2.00 bits per heavy atom. The summed E-state index contributed by atoms with van der Waals surface area (Å²) in [7, 11) is 0. The number of nitrogens with two attached hydrogens (primary N) is 1. The second-order valence-electron chi connectivity index (χ2n) is 0.675. The standard InChI is InChI=1S/C2H5FN2S/c3-1-5-2(4)6/h1H2,(H3,4,5,6). The molecule has 0 aromatic heterocycles. The molecule has 0 aliphatic carbocycles. The lowest BCUT2D eigenvalue weighted by Gasteiger charge is -1.90. The molecule has 3 N–H and O–H groups in total. The lowest BCUT2D eigenvalue weighted by atomic mass is 11.1. The van der Waals surface area contributed by atoms with Crippen LogP contribution in [0.25, 0.3) is 0 Å². The first-order valence-corrected chi connectivity index (χ1v) is 1.77. The number of hydrogen-bond donors (Lipinski definition) is 2. The molecule has 0 saturated heterocycles. The molecule has 0 aliphatic heterocycles. The Morgan fingerprint density at radius 3 is 2.50 bits per heavy atom. The second-order valence-corrected chi connectivity index (χ2v) is 1.11. The van der Waals surface area contributed by atoms with Crippen LogP contribution in [0.5, 0.6) is 0 Å². The molecule has 2 nitrogen and oxygen atoms in total. The molecular formula is C2H5FN2S. The van der Waals surface area contributed by atoms with Gasteiger partial charge in [0.05, 0.1) is 0 Å². The van der Waals surface area contributed by atoms with Gasteiger partial charge in [0.25, 0.3) is 0 Å². The fraction of sp³-hybridized carbons (Fsp3) is 0.500. The summed E-state index contributed by atoms with van der Waals surface area (Å²) in [4.78, 5) is 0. The minimum absolute atomic E-state index is 0.00231. The highest BCUT2D eigenvalue weighted by Crippen LogP contribution is 1.56. The summed E-state index contributed by atoms with van der Waals surface area (Å²) in [6, 6.07) is 0. The van der Waals surface area contributed by atoms with Gasteiger partial charge in [-0.2, -0.15) is 0 Å². The highest BCUT2D eigenvalue weighted by Gasteiger charge is 1.76. The lowest BCUT2D eigenvalue weighted by Crippen LogP contribution is -2.27. The van der Waals surface area contributed by atoms with Crippen LogP contribution in [0, 0.1) is 0 Å². The van der Waals surface area contributed by atoms with Crippen molar-refractivity contribution in [3.63, 3.8) is 0 Å². The number of rotatable bonds is 1. The number of nitrogens with one attached hydrogen (secondary N) is 1. The van der Waals surface area contributed by atoms with E-state index < -0.39 is 6.80 Å². The number of thiocarbonyl (C=S) groups is 1. The fourth-order valence-corrected chi connectivity index (χ4v) is 0.120. The molecule has 0 spiro atoms. The van der Waals surface area contributed by atoms with E-state index in [2.05, 4.69) is 17.5 Å². The van der Waals surface area contributed by atoms with Crippen molar-refractivity contribution >= 4 is 17.3 Å². The molecule has 0 rings (SSSR count).